The molecule has 0 aliphatic heterocycles. The zero-order valence-electron chi connectivity index (χ0n) is 10.2. The number of fused-ring (bicyclic) bond motifs is 1. The van der Waals surface area contributed by atoms with Crippen molar-refractivity contribution in [2.45, 2.75) is 6.92 Å². The van der Waals surface area contributed by atoms with Crippen molar-refractivity contribution in [3.63, 3.8) is 0 Å². The number of aryl methyl sites for hydroxylation is 1. The summed E-state index contributed by atoms with van der Waals surface area (Å²) in [5, 5.41) is 0.554. The van der Waals surface area contributed by atoms with Crippen LogP contribution in [0.4, 0.5) is 5.69 Å². The smallest absolute Gasteiger partial charge is 0.138 e. The molecule has 0 amide bonds. The second kappa shape index (κ2) is 4.54. The first-order chi connectivity index (χ1) is 9.04. The van der Waals surface area contributed by atoms with Gasteiger partial charge in [-0.1, -0.05) is 27.5 Å². The fraction of sp³-hybridized carbons (Fsp3) is 0.0714. The Morgan fingerprint density at radius 2 is 2.05 bits per heavy atom. The summed E-state index contributed by atoms with van der Waals surface area (Å²) in [6, 6.07) is 9.56. The monoisotopic (exact) mass is 335 g/mol. The molecule has 1 heterocycles. The second-order valence-corrected chi connectivity index (χ2v) is 5.76. The Labute approximate surface area is 123 Å². The summed E-state index contributed by atoms with van der Waals surface area (Å²) >= 11 is 9.42. The fourth-order valence-electron chi connectivity index (χ4n) is 2.07. The Hall–Kier alpha value is -1.52. The lowest BCUT2D eigenvalue weighted by atomic mass is 10.2. The van der Waals surface area contributed by atoms with Crippen molar-refractivity contribution in [3.05, 3.63) is 45.4 Å². The molecule has 0 bridgehead atoms. The first-order valence-corrected chi connectivity index (χ1v) is 6.93. The number of benzene rings is 2. The van der Waals surface area contributed by atoms with Crippen molar-refractivity contribution in [3.8, 4) is 11.4 Å². The number of rotatable bonds is 1. The number of nitrogens with one attached hydrogen (secondary N) is 1. The highest BCUT2D eigenvalue weighted by Crippen LogP contribution is 2.28. The van der Waals surface area contributed by atoms with Crippen molar-refractivity contribution in [1.82, 2.24) is 9.97 Å². The van der Waals surface area contributed by atoms with E-state index < -0.39 is 0 Å². The van der Waals surface area contributed by atoms with E-state index in [1.54, 1.807) is 6.07 Å². The predicted molar refractivity (Wildman–Crippen MR) is 83.4 cm³/mol. The zero-order valence-corrected chi connectivity index (χ0v) is 12.5. The van der Waals surface area contributed by atoms with Crippen LogP contribution >= 0.6 is 27.5 Å². The maximum Gasteiger partial charge on any atom is 0.138 e. The summed E-state index contributed by atoms with van der Waals surface area (Å²) in [7, 11) is 0. The number of imidazole rings is 1. The number of hydrogen-bond donors (Lipinski definition) is 2. The van der Waals surface area contributed by atoms with Crippen molar-refractivity contribution in [2.24, 2.45) is 0 Å². The molecule has 5 heteroatoms. The predicted octanol–water partition coefficient (Wildman–Crippen LogP) is 4.54. The Bertz CT molecular complexity index is 780. The van der Waals surface area contributed by atoms with Gasteiger partial charge in [-0.05, 0) is 42.8 Å². The summed E-state index contributed by atoms with van der Waals surface area (Å²) in [6.07, 6.45) is 0. The quantitative estimate of drug-likeness (QED) is 0.641. The molecule has 0 aliphatic rings. The molecule has 0 aliphatic carbocycles. The number of anilines is 1. The number of nitrogen functional groups attached to an aromatic ring is 1. The van der Waals surface area contributed by atoms with Gasteiger partial charge in [0, 0.05) is 10.0 Å². The molecule has 96 valence electrons. The van der Waals surface area contributed by atoms with Gasteiger partial charge in [-0.2, -0.15) is 0 Å². The zero-order chi connectivity index (χ0) is 13.6. The van der Waals surface area contributed by atoms with E-state index >= 15 is 0 Å². The van der Waals surface area contributed by atoms with Gasteiger partial charge in [0.2, 0.25) is 0 Å². The highest BCUT2D eigenvalue weighted by molar-refractivity contribution is 9.10. The number of halogens is 2. The lowest BCUT2D eigenvalue weighted by Crippen LogP contribution is -1.88. The minimum Gasteiger partial charge on any atom is -0.398 e. The van der Waals surface area contributed by atoms with E-state index in [1.165, 1.54) is 0 Å². The molecular formula is C14H11BrClN3. The minimum atomic E-state index is 0.553. The largest absolute Gasteiger partial charge is 0.398 e. The Morgan fingerprint density at radius 3 is 2.79 bits per heavy atom. The summed E-state index contributed by atoms with van der Waals surface area (Å²) in [6.45, 7) is 2.04. The third-order valence-corrected chi connectivity index (χ3v) is 3.81. The molecule has 3 nitrogen and oxygen atoms in total. The van der Waals surface area contributed by atoms with Crippen molar-refractivity contribution in [2.75, 3.05) is 5.73 Å². The van der Waals surface area contributed by atoms with Crippen LogP contribution in [0.1, 0.15) is 5.56 Å². The van der Waals surface area contributed by atoms with Gasteiger partial charge in [-0.3, -0.25) is 0 Å². The molecule has 2 aromatic carbocycles. The van der Waals surface area contributed by atoms with Crippen LogP contribution in [0.15, 0.2) is 34.8 Å². The van der Waals surface area contributed by atoms with Gasteiger partial charge >= 0.3 is 0 Å². The number of hydrogen-bond acceptors (Lipinski definition) is 2. The minimum absolute atomic E-state index is 0.553. The van der Waals surface area contributed by atoms with Crippen molar-refractivity contribution in [1.29, 1.82) is 0 Å². The fourth-order valence-corrected chi connectivity index (χ4v) is 2.76. The number of aromatic nitrogens is 2. The Balaban J connectivity index is 2.20. The van der Waals surface area contributed by atoms with E-state index in [0.717, 1.165) is 32.5 Å². The molecule has 0 unspecified atom stereocenters. The molecule has 3 aromatic rings. The van der Waals surface area contributed by atoms with Crippen LogP contribution in [0.3, 0.4) is 0 Å². The molecule has 1 aromatic heterocycles. The van der Waals surface area contributed by atoms with E-state index in [0.29, 0.717) is 10.7 Å². The molecule has 0 radical (unpaired) electrons. The maximum atomic E-state index is 5.93. The molecule has 0 saturated carbocycles. The van der Waals surface area contributed by atoms with Crippen LogP contribution in [0, 0.1) is 6.92 Å². The van der Waals surface area contributed by atoms with Crippen LogP contribution in [-0.2, 0) is 0 Å². The first-order valence-electron chi connectivity index (χ1n) is 5.76. The number of nitrogens with two attached hydrogens (primary N) is 1. The van der Waals surface area contributed by atoms with Gasteiger partial charge < -0.3 is 10.7 Å². The molecular weight excluding hydrogens is 326 g/mol. The second-order valence-electron chi connectivity index (χ2n) is 4.44. The van der Waals surface area contributed by atoms with Crippen LogP contribution in [-0.4, -0.2) is 9.97 Å². The molecule has 0 spiro atoms. The van der Waals surface area contributed by atoms with Crippen LogP contribution < -0.4 is 5.73 Å². The van der Waals surface area contributed by atoms with E-state index in [-0.39, 0.29) is 0 Å². The third-order valence-electron chi connectivity index (χ3n) is 3.01. The maximum absolute atomic E-state index is 5.93. The molecule has 0 fully saturated rings. The van der Waals surface area contributed by atoms with Crippen LogP contribution in [0.5, 0.6) is 0 Å². The number of aromatic amines is 1. The highest BCUT2D eigenvalue weighted by atomic mass is 79.9. The Morgan fingerprint density at radius 1 is 1.26 bits per heavy atom. The van der Waals surface area contributed by atoms with Gasteiger partial charge in [0.05, 0.1) is 21.7 Å². The summed E-state index contributed by atoms with van der Waals surface area (Å²) in [4.78, 5) is 7.92. The summed E-state index contributed by atoms with van der Waals surface area (Å²) in [5.74, 6) is 0.791. The van der Waals surface area contributed by atoms with Crippen molar-refractivity contribution >= 4 is 44.3 Å². The van der Waals surface area contributed by atoms with Gasteiger partial charge in [-0.25, -0.2) is 4.98 Å². The number of nitrogens with zero attached hydrogens (tertiary/aromatic N) is 1. The standard InChI is InChI=1S/C14H11BrClN3/c1-7-4-9(15)6-12-13(7)19-14(18-12)8-2-3-10(16)11(17)5-8/h2-6H,17H2,1H3,(H,18,19). The number of H-pyrrole nitrogens is 1. The van der Waals surface area contributed by atoms with Gasteiger partial charge in [0.15, 0.2) is 0 Å². The van der Waals surface area contributed by atoms with E-state index in [2.05, 4.69) is 25.9 Å². The molecule has 3 rings (SSSR count). The molecule has 0 saturated heterocycles. The molecule has 0 atom stereocenters. The topological polar surface area (TPSA) is 54.7 Å². The van der Waals surface area contributed by atoms with E-state index in [9.17, 15) is 0 Å². The van der Waals surface area contributed by atoms with Gasteiger partial charge in [0.1, 0.15) is 5.82 Å². The van der Waals surface area contributed by atoms with E-state index in [1.807, 2.05) is 31.2 Å². The first kappa shape index (κ1) is 12.5. The summed E-state index contributed by atoms with van der Waals surface area (Å²) in [5.41, 5.74) is 10.4. The van der Waals surface area contributed by atoms with Gasteiger partial charge in [0.25, 0.3) is 0 Å². The SMILES string of the molecule is Cc1cc(Br)cc2[nH]c(-c3ccc(Cl)c(N)c3)nc12. The lowest BCUT2D eigenvalue weighted by molar-refractivity contribution is 1.33. The molecule has 19 heavy (non-hydrogen) atoms. The summed E-state index contributed by atoms with van der Waals surface area (Å²) < 4.78 is 1.03. The van der Waals surface area contributed by atoms with Crippen LogP contribution in [0.25, 0.3) is 22.4 Å². The molecule has 3 N–H and O–H groups in total. The average Bonchev–Trinajstić information content (AvgIpc) is 2.76. The third kappa shape index (κ3) is 2.22. The average molecular weight is 337 g/mol. The lowest BCUT2D eigenvalue weighted by Gasteiger charge is -2.00. The normalized spacial score (nSPS) is 11.1. The Kier molecular flexibility index (Phi) is 2.99. The van der Waals surface area contributed by atoms with Gasteiger partial charge in [-0.15, -0.1) is 0 Å². The highest BCUT2D eigenvalue weighted by Gasteiger charge is 2.09. The van der Waals surface area contributed by atoms with Crippen molar-refractivity contribution < 1.29 is 0 Å². The van der Waals surface area contributed by atoms with E-state index in [4.69, 9.17) is 17.3 Å². The van der Waals surface area contributed by atoms with Crippen LogP contribution in [0.2, 0.25) is 5.02 Å².